The van der Waals surface area contributed by atoms with Gasteiger partial charge in [0.15, 0.2) is 5.96 Å². The number of alkyl carbamates (subject to hydrolysis) is 1. The number of anilines is 2. The number of carboxylic acids is 1. The van der Waals surface area contributed by atoms with Gasteiger partial charge in [0.1, 0.15) is 6.04 Å². The van der Waals surface area contributed by atoms with E-state index in [1.807, 2.05) is 12.1 Å². The van der Waals surface area contributed by atoms with Crippen LogP contribution < -0.4 is 26.2 Å². The molecule has 41 heavy (non-hydrogen) atoms. The topological polar surface area (TPSA) is 144 Å². The second-order valence-corrected chi connectivity index (χ2v) is 10.8. The molecule has 2 heterocycles. The minimum absolute atomic E-state index is 0.188. The van der Waals surface area contributed by atoms with Gasteiger partial charge in [-0.15, -0.1) is 0 Å². The number of aliphatic imine (C=N–C) groups is 1. The van der Waals surface area contributed by atoms with Gasteiger partial charge in [0.2, 0.25) is 5.91 Å². The number of guanidine groups is 1. The molecule has 1 aromatic rings. The Hall–Kier alpha value is -3.50. The van der Waals surface area contributed by atoms with Gasteiger partial charge in [-0.25, -0.2) is 9.59 Å². The lowest BCUT2D eigenvalue weighted by molar-refractivity contribution is -0.139. The molecule has 2 amide bonds. The fourth-order valence-corrected chi connectivity index (χ4v) is 5.07. The number of piperidine rings is 1. The van der Waals surface area contributed by atoms with Crippen LogP contribution in [-0.4, -0.2) is 74.4 Å². The zero-order chi connectivity index (χ0) is 29.3. The summed E-state index contributed by atoms with van der Waals surface area (Å²) >= 11 is 0. The second-order valence-electron chi connectivity index (χ2n) is 10.8. The van der Waals surface area contributed by atoms with Crippen molar-refractivity contribution >= 4 is 35.3 Å². The van der Waals surface area contributed by atoms with Crippen molar-refractivity contribution in [2.24, 2.45) is 10.9 Å². The highest BCUT2D eigenvalue weighted by Crippen LogP contribution is 2.26. The number of ether oxygens (including phenoxy) is 1. The molecular formula is C30H48N6O5. The minimum Gasteiger partial charge on any atom is -0.480 e. The van der Waals surface area contributed by atoms with Crippen LogP contribution in [0.3, 0.4) is 0 Å². The number of benzene rings is 1. The van der Waals surface area contributed by atoms with Gasteiger partial charge < -0.3 is 36.0 Å². The first kappa shape index (κ1) is 32.0. The predicted octanol–water partition coefficient (Wildman–Crippen LogP) is 4.10. The lowest BCUT2D eigenvalue weighted by Crippen LogP contribution is -2.50. The molecule has 5 N–H and O–H groups in total. The van der Waals surface area contributed by atoms with Crippen molar-refractivity contribution in [3.05, 3.63) is 24.3 Å². The van der Waals surface area contributed by atoms with Gasteiger partial charge in [0, 0.05) is 50.0 Å². The van der Waals surface area contributed by atoms with Crippen LogP contribution in [0.15, 0.2) is 29.3 Å². The van der Waals surface area contributed by atoms with Crippen LogP contribution >= 0.6 is 0 Å². The van der Waals surface area contributed by atoms with Crippen LogP contribution in [0.4, 0.5) is 16.2 Å². The van der Waals surface area contributed by atoms with Gasteiger partial charge in [-0.05, 0) is 43.9 Å². The summed E-state index contributed by atoms with van der Waals surface area (Å²) in [5.41, 5.74) is 2.03. The number of hydrogen-bond acceptors (Lipinski definition) is 8. The summed E-state index contributed by atoms with van der Waals surface area (Å²) < 4.78 is 5.15. The molecule has 0 saturated carbocycles. The maximum atomic E-state index is 12.8. The summed E-state index contributed by atoms with van der Waals surface area (Å²) in [5, 5.41) is 21.2. The lowest BCUT2D eigenvalue weighted by Gasteiger charge is -2.33. The van der Waals surface area contributed by atoms with E-state index in [0.29, 0.717) is 25.9 Å². The molecule has 0 radical (unpaired) electrons. The van der Waals surface area contributed by atoms with Crippen LogP contribution in [-0.2, 0) is 14.3 Å². The quantitative estimate of drug-likeness (QED) is 0.186. The number of rotatable bonds is 16. The van der Waals surface area contributed by atoms with E-state index in [1.54, 1.807) is 0 Å². The third-order valence-corrected chi connectivity index (χ3v) is 7.54. The van der Waals surface area contributed by atoms with E-state index in [9.17, 15) is 19.5 Å². The number of unbranched alkanes of at least 4 members (excludes halogenated alkanes) is 7. The maximum absolute atomic E-state index is 12.8. The summed E-state index contributed by atoms with van der Waals surface area (Å²) in [5.74, 6) is -0.833. The Morgan fingerprint density at radius 3 is 2.51 bits per heavy atom. The Morgan fingerprint density at radius 2 is 1.83 bits per heavy atom. The van der Waals surface area contributed by atoms with Gasteiger partial charge in [0.25, 0.3) is 0 Å². The van der Waals surface area contributed by atoms with Gasteiger partial charge in [-0.3, -0.25) is 9.79 Å². The number of amides is 2. The highest BCUT2D eigenvalue weighted by atomic mass is 16.5. The van der Waals surface area contributed by atoms with Gasteiger partial charge in [-0.1, -0.05) is 57.9 Å². The number of carbonyl (C=O) groups excluding carboxylic acids is 2. The molecule has 1 saturated heterocycles. The molecule has 11 nitrogen and oxygen atoms in total. The number of carboxylic acid groups (broad SMARTS) is 1. The Labute approximate surface area is 243 Å². The van der Waals surface area contributed by atoms with Crippen LogP contribution in [0.25, 0.3) is 0 Å². The van der Waals surface area contributed by atoms with Crippen molar-refractivity contribution in [1.29, 1.82) is 0 Å². The lowest BCUT2D eigenvalue weighted by atomic mass is 9.95. The molecule has 2 aliphatic heterocycles. The predicted molar refractivity (Wildman–Crippen MR) is 161 cm³/mol. The molecule has 0 aliphatic carbocycles. The third kappa shape index (κ3) is 11.9. The van der Waals surface area contributed by atoms with Gasteiger partial charge in [0.05, 0.1) is 6.61 Å². The maximum Gasteiger partial charge on any atom is 0.407 e. The molecule has 1 atom stereocenters. The largest absolute Gasteiger partial charge is 0.480 e. The molecule has 11 heteroatoms. The van der Waals surface area contributed by atoms with Crippen LogP contribution in [0, 0.1) is 5.92 Å². The molecule has 0 unspecified atom stereocenters. The monoisotopic (exact) mass is 572 g/mol. The second kappa shape index (κ2) is 18.0. The SMILES string of the molecule is CCCCCCCCCCOC(=O)N[C@@H](CNC(=O)C1CCN(c2cccc(NC3=NCCCN3)c2)CC1)C(=O)O. The molecule has 0 aromatic heterocycles. The van der Waals surface area contributed by atoms with Crippen molar-refractivity contribution in [2.45, 2.75) is 83.6 Å². The Morgan fingerprint density at radius 1 is 1.10 bits per heavy atom. The fourth-order valence-electron chi connectivity index (χ4n) is 5.07. The number of hydrogen-bond donors (Lipinski definition) is 5. The summed E-state index contributed by atoms with van der Waals surface area (Å²) in [6.45, 7) is 5.42. The third-order valence-electron chi connectivity index (χ3n) is 7.54. The zero-order valence-electron chi connectivity index (χ0n) is 24.5. The standard InChI is InChI=1S/C30H48N6O5/c1-2-3-4-5-6-7-8-9-20-41-30(40)35-26(28(38)39)22-33-27(37)23-14-18-36(19-15-23)25-13-10-12-24(21-25)34-29-31-16-11-17-32-29/h10,12-13,21,23,26H,2-9,11,14-20,22H2,1H3,(H,33,37)(H,35,40)(H,38,39)(H2,31,32,34)/t26-/m0/s1. The molecule has 2 aliphatic rings. The van der Waals surface area contributed by atoms with E-state index in [0.717, 1.165) is 56.1 Å². The van der Waals surface area contributed by atoms with E-state index in [4.69, 9.17) is 4.74 Å². The average molecular weight is 573 g/mol. The van der Waals surface area contributed by atoms with Gasteiger partial charge in [-0.2, -0.15) is 0 Å². The van der Waals surface area contributed by atoms with E-state index in [2.05, 4.69) is 50.2 Å². The normalized spacial score (nSPS) is 16.2. The van der Waals surface area contributed by atoms with Crippen molar-refractivity contribution in [3.63, 3.8) is 0 Å². The molecule has 0 bridgehead atoms. The van der Waals surface area contributed by atoms with E-state index < -0.39 is 18.1 Å². The number of nitrogens with zero attached hydrogens (tertiary/aromatic N) is 2. The van der Waals surface area contributed by atoms with Crippen LogP contribution in [0.2, 0.25) is 0 Å². The first-order valence-electron chi connectivity index (χ1n) is 15.3. The molecular weight excluding hydrogens is 524 g/mol. The van der Waals surface area contributed by atoms with E-state index >= 15 is 0 Å². The van der Waals surface area contributed by atoms with Crippen molar-refractivity contribution < 1.29 is 24.2 Å². The molecule has 0 spiro atoms. The smallest absolute Gasteiger partial charge is 0.407 e. The fraction of sp³-hybridized carbons (Fsp3) is 0.667. The molecule has 1 fully saturated rings. The molecule has 1 aromatic carbocycles. The summed E-state index contributed by atoms with van der Waals surface area (Å²) in [4.78, 5) is 43.2. The van der Waals surface area contributed by atoms with E-state index in [-0.39, 0.29) is 25.0 Å². The van der Waals surface area contributed by atoms with Crippen LogP contribution in [0.5, 0.6) is 0 Å². The minimum atomic E-state index is -1.25. The first-order valence-corrected chi connectivity index (χ1v) is 15.3. The summed E-state index contributed by atoms with van der Waals surface area (Å²) in [6, 6.07) is 6.89. The number of aliphatic carboxylic acids is 1. The zero-order valence-corrected chi connectivity index (χ0v) is 24.5. The highest BCUT2D eigenvalue weighted by Gasteiger charge is 2.27. The summed E-state index contributed by atoms with van der Waals surface area (Å²) in [6.07, 6.45) is 10.6. The van der Waals surface area contributed by atoms with E-state index in [1.165, 1.54) is 32.1 Å². The first-order chi connectivity index (χ1) is 20.0. The van der Waals surface area contributed by atoms with Gasteiger partial charge >= 0.3 is 12.1 Å². The Balaban J connectivity index is 1.33. The highest BCUT2D eigenvalue weighted by molar-refractivity contribution is 5.94. The van der Waals surface area contributed by atoms with Crippen molar-refractivity contribution in [1.82, 2.24) is 16.0 Å². The number of carbonyl (C=O) groups is 3. The average Bonchev–Trinajstić information content (AvgIpc) is 2.99. The number of nitrogens with one attached hydrogen (secondary N) is 4. The van der Waals surface area contributed by atoms with Crippen LogP contribution in [0.1, 0.15) is 77.6 Å². The van der Waals surface area contributed by atoms with Crippen molar-refractivity contribution in [2.75, 3.05) is 49.5 Å². The molecule has 3 rings (SSSR count). The summed E-state index contributed by atoms with van der Waals surface area (Å²) in [7, 11) is 0. The van der Waals surface area contributed by atoms with Crippen molar-refractivity contribution in [3.8, 4) is 0 Å². The Bertz CT molecular complexity index is 995. The Kier molecular flexibility index (Phi) is 14.1. The molecule has 228 valence electrons.